The smallest absolute Gasteiger partial charge is 0.410 e. The Morgan fingerprint density at radius 1 is 1.13 bits per heavy atom. The predicted octanol–water partition coefficient (Wildman–Crippen LogP) is 1.26. The maximum atomic E-state index is 13.0. The first-order chi connectivity index (χ1) is 17.9. The van der Waals surface area contributed by atoms with Crippen LogP contribution in [0.5, 0.6) is 0 Å². The lowest BCUT2D eigenvalue weighted by molar-refractivity contribution is -0.145. The maximum absolute atomic E-state index is 13.0. The molecule has 2 saturated heterocycles. The maximum Gasteiger partial charge on any atom is 0.410 e. The number of imide groups is 1. The number of fused-ring (bicyclic) bond motifs is 1. The minimum Gasteiger partial charge on any atom is -0.480 e. The van der Waals surface area contributed by atoms with Crippen molar-refractivity contribution in [1.29, 1.82) is 0 Å². The van der Waals surface area contributed by atoms with Crippen molar-refractivity contribution >= 4 is 34.9 Å². The average Bonchev–Trinajstić information content (AvgIpc) is 3.07. The van der Waals surface area contributed by atoms with Gasteiger partial charge in [0.1, 0.15) is 17.7 Å². The van der Waals surface area contributed by atoms with Crippen LogP contribution in [0.25, 0.3) is 11.0 Å². The van der Waals surface area contributed by atoms with Crippen LogP contribution in [0.1, 0.15) is 51.6 Å². The van der Waals surface area contributed by atoms with E-state index in [4.69, 9.17) is 4.74 Å². The molecule has 0 radical (unpaired) electrons. The summed E-state index contributed by atoms with van der Waals surface area (Å²) in [5.41, 5.74) is 1.32. The summed E-state index contributed by atoms with van der Waals surface area (Å²) in [7, 11) is 1.65. The highest BCUT2D eigenvalue weighted by Gasteiger charge is 2.36. The molecule has 206 valence electrons. The van der Waals surface area contributed by atoms with E-state index in [-0.39, 0.29) is 31.0 Å². The molecule has 4 rings (SSSR count). The number of carboxylic acid groups (broad SMARTS) is 1. The van der Waals surface area contributed by atoms with Crippen molar-refractivity contribution in [2.75, 3.05) is 26.2 Å². The predicted molar refractivity (Wildman–Crippen MR) is 138 cm³/mol. The second-order valence-corrected chi connectivity index (χ2v) is 10.9. The van der Waals surface area contributed by atoms with Crippen LogP contribution in [0.4, 0.5) is 4.79 Å². The number of hydrogen-bond donors (Lipinski definition) is 2. The van der Waals surface area contributed by atoms with Gasteiger partial charge in [0.2, 0.25) is 11.8 Å². The van der Waals surface area contributed by atoms with Crippen molar-refractivity contribution in [2.45, 2.75) is 64.1 Å². The van der Waals surface area contributed by atoms with Crippen molar-refractivity contribution < 1.29 is 29.0 Å². The minimum atomic E-state index is -0.982. The first-order valence-electron chi connectivity index (χ1n) is 12.8. The lowest BCUT2D eigenvalue weighted by atomic mass is 10.0. The van der Waals surface area contributed by atoms with Crippen molar-refractivity contribution in [1.82, 2.24) is 24.3 Å². The van der Waals surface area contributed by atoms with Gasteiger partial charge >= 0.3 is 17.8 Å². The summed E-state index contributed by atoms with van der Waals surface area (Å²) in [4.78, 5) is 64.5. The summed E-state index contributed by atoms with van der Waals surface area (Å²) >= 11 is 0. The number of rotatable bonds is 6. The highest BCUT2D eigenvalue weighted by atomic mass is 16.6. The number of aryl methyl sites for hydroxylation is 2. The molecule has 0 spiro atoms. The normalized spacial score (nSPS) is 21.0. The number of piperidine rings is 1. The lowest BCUT2D eigenvalue weighted by Crippen LogP contribution is -2.58. The van der Waals surface area contributed by atoms with E-state index in [9.17, 15) is 29.1 Å². The van der Waals surface area contributed by atoms with E-state index in [0.717, 1.165) is 5.56 Å². The zero-order valence-electron chi connectivity index (χ0n) is 22.2. The molecule has 1 unspecified atom stereocenters. The molecule has 1 aromatic carbocycles. The molecule has 0 saturated carbocycles. The van der Waals surface area contributed by atoms with Crippen LogP contribution in [-0.2, 0) is 32.6 Å². The van der Waals surface area contributed by atoms with Crippen LogP contribution < -0.4 is 11.0 Å². The largest absolute Gasteiger partial charge is 0.480 e. The number of hydrogen-bond acceptors (Lipinski definition) is 7. The van der Waals surface area contributed by atoms with E-state index in [1.54, 1.807) is 27.8 Å². The van der Waals surface area contributed by atoms with E-state index in [1.807, 2.05) is 23.1 Å². The van der Waals surface area contributed by atoms with Crippen LogP contribution in [0.2, 0.25) is 0 Å². The Morgan fingerprint density at radius 3 is 2.53 bits per heavy atom. The van der Waals surface area contributed by atoms with Gasteiger partial charge in [0.15, 0.2) is 0 Å². The highest BCUT2D eigenvalue weighted by Crippen LogP contribution is 2.24. The number of amides is 3. The monoisotopic (exact) mass is 529 g/mol. The van der Waals surface area contributed by atoms with Gasteiger partial charge in [0, 0.05) is 26.6 Å². The number of benzene rings is 1. The summed E-state index contributed by atoms with van der Waals surface area (Å²) in [5, 5.41) is 12.1. The molecule has 38 heavy (non-hydrogen) atoms. The summed E-state index contributed by atoms with van der Waals surface area (Å²) in [6.45, 7) is 6.73. The van der Waals surface area contributed by atoms with Gasteiger partial charge in [-0.3, -0.25) is 33.7 Å². The number of nitrogens with one attached hydrogen (secondary N) is 1. The second-order valence-electron chi connectivity index (χ2n) is 10.9. The van der Waals surface area contributed by atoms with Gasteiger partial charge in [-0.05, 0) is 64.3 Å². The summed E-state index contributed by atoms with van der Waals surface area (Å²) in [6, 6.07) is 4.08. The molecule has 2 N–H and O–H groups in total. The molecule has 0 bridgehead atoms. The van der Waals surface area contributed by atoms with Crippen molar-refractivity contribution in [3.05, 3.63) is 34.2 Å². The Balaban J connectivity index is 1.42. The number of carbonyl (C=O) groups is 4. The first-order valence-corrected chi connectivity index (χ1v) is 12.8. The molecular formula is C26H35N5O7. The molecule has 12 nitrogen and oxygen atoms in total. The van der Waals surface area contributed by atoms with Crippen LogP contribution in [0.3, 0.4) is 0 Å². The fourth-order valence-electron chi connectivity index (χ4n) is 5.10. The number of carbonyl (C=O) groups excluding carboxylic acids is 3. The fraction of sp³-hybridized carbons (Fsp3) is 0.577. The summed E-state index contributed by atoms with van der Waals surface area (Å²) in [6.07, 6.45) is 1.29. The first kappa shape index (κ1) is 27.4. The summed E-state index contributed by atoms with van der Waals surface area (Å²) < 4.78 is 8.34. The van der Waals surface area contributed by atoms with Gasteiger partial charge in [0.25, 0.3) is 0 Å². The van der Waals surface area contributed by atoms with Crippen molar-refractivity contribution in [3.63, 3.8) is 0 Å². The molecule has 2 aliphatic heterocycles. The van der Waals surface area contributed by atoms with Crippen LogP contribution in [0.15, 0.2) is 23.0 Å². The van der Waals surface area contributed by atoms with Gasteiger partial charge in [0.05, 0.1) is 17.6 Å². The fourth-order valence-corrected chi connectivity index (χ4v) is 5.10. The van der Waals surface area contributed by atoms with E-state index in [1.165, 1.54) is 14.0 Å². The number of piperazine rings is 1. The highest BCUT2D eigenvalue weighted by molar-refractivity contribution is 6.00. The number of aliphatic carboxylic acids is 1. The van der Waals surface area contributed by atoms with E-state index >= 15 is 0 Å². The van der Waals surface area contributed by atoms with Gasteiger partial charge in [-0.15, -0.1) is 0 Å². The molecule has 3 heterocycles. The molecule has 3 amide bonds. The Kier molecular flexibility index (Phi) is 7.63. The average molecular weight is 530 g/mol. The van der Waals surface area contributed by atoms with E-state index < -0.39 is 35.7 Å². The van der Waals surface area contributed by atoms with Crippen LogP contribution in [-0.4, -0.2) is 85.7 Å². The molecule has 12 heteroatoms. The number of nitrogens with zero attached hydrogens (tertiary/aromatic N) is 4. The molecular weight excluding hydrogens is 494 g/mol. The second kappa shape index (κ2) is 10.6. The number of imidazole rings is 1. The van der Waals surface area contributed by atoms with E-state index in [0.29, 0.717) is 43.5 Å². The molecule has 1 aromatic heterocycles. The van der Waals surface area contributed by atoms with Crippen LogP contribution in [0, 0.1) is 0 Å². The van der Waals surface area contributed by atoms with Gasteiger partial charge in [-0.1, -0.05) is 6.07 Å². The Hall–Kier alpha value is -3.67. The topological polar surface area (TPSA) is 143 Å². The van der Waals surface area contributed by atoms with Gasteiger partial charge < -0.3 is 14.7 Å². The minimum absolute atomic E-state index is 0.0617. The van der Waals surface area contributed by atoms with E-state index in [2.05, 4.69) is 5.32 Å². The van der Waals surface area contributed by atoms with Gasteiger partial charge in [-0.25, -0.2) is 9.59 Å². The standard InChI is InChI=1S/C26H35N5O7/c1-26(2,3)38-25(37)30-13-12-29(20(15-30)23(34)35)11-5-6-16-7-8-17-19(14-16)28(4)24(36)31(17)18-9-10-21(32)27-22(18)33/h7-8,14,18,20H,5-6,9-13,15H2,1-4H3,(H,34,35)(H,27,32,33)/t18?,20-/m1/s1. The molecule has 2 aromatic rings. The zero-order chi connectivity index (χ0) is 27.8. The summed E-state index contributed by atoms with van der Waals surface area (Å²) in [5.74, 6) is -1.79. The lowest BCUT2D eigenvalue weighted by Gasteiger charge is -2.39. The quantitative estimate of drug-likeness (QED) is 0.533. The molecule has 2 fully saturated rings. The third kappa shape index (κ3) is 5.74. The Labute approximate surface area is 220 Å². The molecule has 0 aliphatic carbocycles. The number of aromatic nitrogens is 2. The Morgan fingerprint density at radius 2 is 1.87 bits per heavy atom. The molecule has 2 atom stereocenters. The SMILES string of the molecule is Cn1c(=O)n(C2CCC(=O)NC2=O)c2ccc(CCCN3CCN(C(=O)OC(C)(C)C)C[C@@H]3C(=O)O)cc21. The van der Waals surface area contributed by atoms with Crippen molar-refractivity contribution in [2.24, 2.45) is 7.05 Å². The Bertz CT molecular complexity index is 1320. The van der Waals surface area contributed by atoms with Crippen LogP contribution >= 0.6 is 0 Å². The third-order valence-corrected chi connectivity index (χ3v) is 7.01. The number of ether oxygens (including phenoxy) is 1. The zero-order valence-corrected chi connectivity index (χ0v) is 22.2. The van der Waals surface area contributed by atoms with Crippen molar-refractivity contribution in [3.8, 4) is 0 Å². The van der Waals surface area contributed by atoms with Gasteiger partial charge in [-0.2, -0.15) is 0 Å². The third-order valence-electron chi connectivity index (χ3n) is 7.01. The molecule has 2 aliphatic rings. The number of carboxylic acids is 1.